The maximum absolute atomic E-state index is 12.2. The lowest BCUT2D eigenvalue weighted by Crippen LogP contribution is -2.58. The number of benzene rings is 1. The molecule has 2 aliphatic heterocycles. The first-order chi connectivity index (χ1) is 11.1. The lowest BCUT2D eigenvalue weighted by molar-refractivity contribution is -0.148. The molecule has 4 atom stereocenters. The second kappa shape index (κ2) is 6.88. The number of fused-ring (bicyclic) bond motifs is 1. The van der Waals surface area contributed by atoms with Crippen molar-refractivity contribution in [2.75, 3.05) is 13.7 Å². The second-order valence-corrected chi connectivity index (χ2v) is 6.59. The zero-order chi connectivity index (χ0) is 16.4. The third-order valence-corrected chi connectivity index (χ3v) is 4.89. The molecule has 2 aliphatic rings. The maximum Gasteiger partial charge on any atom is 0.323 e. The average molecular weight is 382 g/mol. The van der Waals surface area contributed by atoms with Crippen LogP contribution in [0.4, 0.5) is 0 Å². The number of halogens is 1. The Labute approximate surface area is 144 Å². The molecular weight excluding hydrogens is 362 g/mol. The van der Waals surface area contributed by atoms with Crippen LogP contribution in [0, 0.1) is 0 Å². The van der Waals surface area contributed by atoms with Crippen molar-refractivity contribution in [3.63, 3.8) is 0 Å². The Hall–Kier alpha value is -1.60. The predicted molar refractivity (Wildman–Crippen MR) is 90.7 cm³/mol. The van der Waals surface area contributed by atoms with Gasteiger partial charge in [-0.25, -0.2) is 0 Å². The first-order valence-electron chi connectivity index (χ1n) is 7.67. The number of hydrogen-bond donors (Lipinski definition) is 1. The van der Waals surface area contributed by atoms with Crippen molar-refractivity contribution >= 4 is 28.1 Å². The van der Waals surface area contributed by atoms with E-state index in [4.69, 9.17) is 9.47 Å². The van der Waals surface area contributed by atoms with Crippen molar-refractivity contribution in [2.45, 2.75) is 36.4 Å². The van der Waals surface area contributed by atoms with Crippen molar-refractivity contribution in [3.8, 4) is 5.75 Å². The fourth-order valence-electron chi connectivity index (χ4n) is 3.01. The molecule has 1 saturated heterocycles. The Balaban J connectivity index is 1.85. The van der Waals surface area contributed by atoms with Crippen LogP contribution in [-0.2, 0) is 9.53 Å². The highest BCUT2D eigenvalue weighted by Gasteiger charge is 2.43. The van der Waals surface area contributed by atoms with E-state index in [1.54, 1.807) is 7.11 Å². The summed E-state index contributed by atoms with van der Waals surface area (Å²) in [5, 5.41) is 9.83. The van der Waals surface area contributed by atoms with Gasteiger partial charge in [-0.05, 0) is 31.0 Å². The van der Waals surface area contributed by atoms with Gasteiger partial charge in [0.05, 0.1) is 24.6 Å². The van der Waals surface area contributed by atoms with E-state index in [0.29, 0.717) is 13.0 Å². The Kier molecular flexibility index (Phi) is 4.87. The van der Waals surface area contributed by atoms with Crippen LogP contribution in [0.3, 0.4) is 0 Å². The molecule has 1 aromatic rings. The van der Waals surface area contributed by atoms with Gasteiger partial charge in [-0.3, -0.25) is 15.1 Å². The zero-order valence-corrected chi connectivity index (χ0v) is 14.7. The molecule has 3 rings (SSSR count). The van der Waals surface area contributed by atoms with Gasteiger partial charge in [-0.2, -0.15) is 5.10 Å². The standard InChI is InChI=1S/C16H20BrN3O3/c1-3-23-16(21)13-8-14(10-4-6-11(22-2)7-5-10)20-15(19-13)12(17)9-18-20/h4-7,9,12-15,19H,3,8H2,1-2H3. The third kappa shape index (κ3) is 3.21. The van der Waals surface area contributed by atoms with E-state index in [0.717, 1.165) is 11.3 Å². The van der Waals surface area contributed by atoms with Crippen LogP contribution in [0.5, 0.6) is 5.75 Å². The van der Waals surface area contributed by atoms with Gasteiger partial charge in [0.2, 0.25) is 0 Å². The van der Waals surface area contributed by atoms with E-state index >= 15 is 0 Å². The Morgan fingerprint density at radius 2 is 2.17 bits per heavy atom. The van der Waals surface area contributed by atoms with Gasteiger partial charge in [0.15, 0.2) is 0 Å². The van der Waals surface area contributed by atoms with Crippen molar-refractivity contribution in [2.24, 2.45) is 5.10 Å². The highest BCUT2D eigenvalue weighted by Crippen LogP contribution is 2.36. The number of nitrogens with zero attached hydrogens (tertiary/aromatic N) is 2. The van der Waals surface area contributed by atoms with Crippen LogP contribution >= 0.6 is 15.9 Å². The molecule has 1 N–H and O–H groups in total. The summed E-state index contributed by atoms with van der Waals surface area (Å²) in [7, 11) is 1.65. The van der Waals surface area contributed by atoms with Crippen LogP contribution < -0.4 is 10.1 Å². The fourth-order valence-corrected chi connectivity index (χ4v) is 3.51. The molecule has 0 radical (unpaired) electrons. The average Bonchev–Trinajstić information content (AvgIpc) is 2.96. The lowest BCUT2D eigenvalue weighted by atomic mass is 9.95. The molecule has 7 heteroatoms. The zero-order valence-electron chi connectivity index (χ0n) is 13.1. The van der Waals surface area contributed by atoms with E-state index < -0.39 is 0 Å². The summed E-state index contributed by atoms with van der Waals surface area (Å²) in [5.74, 6) is 0.599. The smallest absolute Gasteiger partial charge is 0.323 e. The molecule has 0 aliphatic carbocycles. The van der Waals surface area contributed by atoms with E-state index in [1.165, 1.54) is 0 Å². The summed E-state index contributed by atoms with van der Waals surface area (Å²) >= 11 is 3.59. The molecule has 0 spiro atoms. The number of methoxy groups -OCH3 is 1. The summed E-state index contributed by atoms with van der Waals surface area (Å²) < 4.78 is 10.4. The number of esters is 1. The maximum atomic E-state index is 12.2. The Morgan fingerprint density at radius 3 is 2.83 bits per heavy atom. The quantitative estimate of drug-likeness (QED) is 0.638. The van der Waals surface area contributed by atoms with Crippen molar-refractivity contribution in [1.82, 2.24) is 10.3 Å². The van der Waals surface area contributed by atoms with Crippen molar-refractivity contribution < 1.29 is 14.3 Å². The van der Waals surface area contributed by atoms with Crippen LogP contribution in [0.1, 0.15) is 24.9 Å². The molecule has 124 valence electrons. The van der Waals surface area contributed by atoms with Gasteiger partial charge in [0.25, 0.3) is 0 Å². The minimum atomic E-state index is -0.343. The topological polar surface area (TPSA) is 63.2 Å². The minimum Gasteiger partial charge on any atom is -0.497 e. The number of alkyl halides is 1. The van der Waals surface area contributed by atoms with Crippen LogP contribution in [0.25, 0.3) is 0 Å². The minimum absolute atomic E-state index is 0.0142. The van der Waals surface area contributed by atoms with E-state index in [2.05, 4.69) is 26.3 Å². The molecule has 6 nitrogen and oxygen atoms in total. The molecule has 0 amide bonds. The van der Waals surface area contributed by atoms with Gasteiger partial charge >= 0.3 is 5.97 Å². The Bertz CT molecular complexity index is 593. The SMILES string of the molecule is CCOC(=O)C1CC(c2ccc(OC)cc2)N2N=CC(Br)C2N1. The summed E-state index contributed by atoms with van der Waals surface area (Å²) in [6.45, 7) is 2.20. The highest BCUT2D eigenvalue weighted by atomic mass is 79.9. The van der Waals surface area contributed by atoms with Crippen LogP contribution in [-0.4, -0.2) is 47.9 Å². The molecule has 0 saturated carbocycles. The molecule has 0 bridgehead atoms. The van der Waals surface area contributed by atoms with Gasteiger partial charge in [0.1, 0.15) is 18.0 Å². The second-order valence-electron chi connectivity index (χ2n) is 5.53. The number of nitrogens with one attached hydrogen (secondary N) is 1. The first-order valence-corrected chi connectivity index (χ1v) is 8.58. The lowest BCUT2D eigenvalue weighted by Gasteiger charge is -2.41. The largest absolute Gasteiger partial charge is 0.497 e. The number of rotatable bonds is 4. The molecule has 2 heterocycles. The number of hydrazone groups is 1. The monoisotopic (exact) mass is 381 g/mol. The fraction of sp³-hybridized carbons (Fsp3) is 0.500. The summed E-state index contributed by atoms with van der Waals surface area (Å²) in [4.78, 5) is 12.2. The molecule has 4 unspecified atom stereocenters. The van der Waals surface area contributed by atoms with Crippen molar-refractivity contribution in [3.05, 3.63) is 29.8 Å². The van der Waals surface area contributed by atoms with Gasteiger partial charge < -0.3 is 9.47 Å². The van der Waals surface area contributed by atoms with E-state index in [1.807, 2.05) is 42.4 Å². The summed E-state index contributed by atoms with van der Waals surface area (Å²) in [6, 6.07) is 7.57. The first kappa shape index (κ1) is 16.3. The number of carbonyl (C=O) groups excluding carboxylic acids is 1. The van der Waals surface area contributed by atoms with Crippen LogP contribution in [0.2, 0.25) is 0 Å². The summed E-state index contributed by atoms with van der Waals surface area (Å²) in [5.41, 5.74) is 1.10. The molecule has 1 aromatic carbocycles. The number of hydrogen-bond acceptors (Lipinski definition) is 6. The van der Waals surface area contributed by atoms with Gasteiger partial charge in [0, 0.05) is 6.21 Å². The number of carbonyl (C=O) groups is 1. The molecule has 0 aromatic heterocycles. The summed E-state index contributed by atoms with van der Waals surface area (Å²) in [6.07, 6.45) is 2.39. The third-order valence-electron chi connectivity index (χ3n) is 4.15. The normalized spacial score (nSPS) is 29.3. The highest BCUT2D eigenvalue weighted by molar-refractivity contribution is 9.10. The van der Waals surface area contributed by atoms with Crippen LogP contribution in [0.15, 0.2) is 29.4 Å². The van der Waals surface area contributed by atoms with E-state index in [9.17, 15) is 4.79 Å². The molecule has 1 fully saturated rings. The van der Waals surface area contributed by atoms with Crippen molar-refractivity contribution in [1.29, 1.82) is 0 Å². The van der Waals surface area contributed by atoms with Gasteiger partial charge in [-0.1, -0.05) is 28.1 Å². The molecular formula is C16H20BrN3O3. The number of ether oxygens (including phenoxy) is 2. The van der Waals surface area contributed by atoms with E-state index in [-0.39, 0.29) is 29.0 Å². The van der Waals surface area contributed by atoms with Gasteiger partial charge in [-0.15, -0.1) is 0 Å². The predicted octanol–water partition coefficient (Wildman–Crippen LogP) is 2.05. The molecule has 23 heavy (non-hydrogen) atoms. The Morgan fingerprint density at radius 1 is 1.43 bits per heavy atom.